The summed E-state index contributed by atoms with van der Waals surface area (Å²) < 4.78 is 5.44. The minimum atomic E-state index is -0.472. The smallest absolute Gasteiger partial charge is 0.410 e. The fourth-order valence-electron chi connectivity index (χ4n) is 2.98. The Morgan fingerprint density at radius 2 is 2.13 bits per heavy atom. The van der Waals surface area contributed by atoms with Gasteiger partial charge in [0, 0.05) is 19.6 Å². The van der Waals surface area contributed by atoms with Crippen molar-refractivity contribution in [3.8, 4) is 0 Å². The van der Waals surface area contributed by atoms with Gasteiger partial charge in [0.05, 0.1) is 0 Å². The zero-order valence-electron chi connectivity index (χ0n) is 14.4. The largest absolute Gasteiger partial charge is 0.444 e. The Kier molecular flexibility index (Phi) is 5.49. The number of likely N-dealkylation sites (tertiary alicyclic amines) is 1. The zero-order valence-corrected chi connectivity index (χ0v) is 15.2. The van der Waals surface area contributed by atoms with E-state index in [1.54, 1.807) is 9.80 Å². The Balaban J connectivity index is 1.84. The molecule has 2 unspecified atom stereocenters. The van der Waals surface area contributed by atoms with Gasteiger partial charge >= 0.3 is 6.09 Å². The molecule has 130 valence electrons. The van der Waals surface area contributed by atoms with Crippen LogP contribution in [0.4, 0.5) is 4.79 Å². The molecule has 2 aliphatic rings. The lowest BCUT2D eigenvalue weighted by Crippen LogP contribution is -2.43. The van der Waals surface area contributed by atoms with Crippen molar-refractivity contribution in [3.63, 3.8) is 0 Å². The molecule has 7 heteroatoms. The van der Waals surface area contributed by atoms with E-state index in [1.165, 1.54) is 0 Å². The van der Waals surface area contributed by atoms with E-state index in [-0.39, 0.29) is 18.0 Å². The van der Waals surface area contributed by atoms with E-state index in [0.717, 1.165) is 25.8 Å². The molecule has 2 amide bonds. The number of hydrogen-bond acceptors (Lipinski definition) is 4. The molecule has 0 aromatic rings. The topological polar surface area (TPSA) is 61.9 Å². The summed E-state index contributed by atoms with van der Waals surface area (Å²) in [5.41, 5.74) is -0.472. The predicted molar refractivity (Wildman–Crippen MR) is 92.1 cm³/mol. The van der Waals surface area contributed by atoms with Crippen LogP contribution in [0.3, 0.4) is 0 Å². The van der Waals surface area contributed by atoms with Crippen molar-refractivity contribution in [3.05, 3.63) is 0 Å². The number of nitrogens with zero attached hydrogens (tertiary/aromatic N) is 2. The van der Waals surface area contributed by atoms with E-state index in [4.69, 9.17) is 17.0 Å². The Bertz CT molecular complexity index is 489. The summed E-state index contributed by atoms with van der Waals surface area (Å²) in [6, 6.07) is -0.230. The van der Waals surface area contributed by atoms with E-state index in [9.17, 15) is 9.59 Å². The quantitative estimate of drug-likeness (QED) is 0.797. The lowest BCUT2D eigenvalue weighted by molar-refractivity contribution is -0.126. The second-order valence-electron chi connectivity index (χ2n) is 7.38. The van der Waals surface area contributed by atoms with Gasteiger partial charge in [-0.05, 0) is 65.1 Å². The van der Waals surface area contributed by atoms with E-state index < -0.39 is 5.60 Å². The molecular formula is C16H27N3O3S. The second kappa shape index (κ2) is 7.03. The third-order valence-corrected chi connectivity index (χ3v) is 4.49. The number of piperidine rings is 1. The van der Waals surface area contributed by atoms with Crippen molar-refractivity contribution in [1.82, 2.24) is 15.1 Å². The van der Waals surface area contributed by atoms with Crippen molar-refractivity contribution >= 4 is 29.3 Å². The van der Waals surface area contributed by atoms with E-state index in [0.29, 0.717) is 24.1 Å². The van der Waals surface area contributed by atoms with Crippen LogP contribution in [0.2, 0.25) is 0 Å². The van der Waals surface area contributed by atoms with Crippen LogP contribution in [0.1, 0.15) is 47.0 Å². The lowest BCUT2D eigenvalue weighted by Gasteiger charge is -2.34. The third-order valence-electron chi connectivity index (χ3n) is 4.15. The molecule has 0 aromatic carbocycles. The van der Waals surface area contributed by atoms with Gasteiger partial charge in [0.25, 0.3) is 5.91 Å². The van der Waals surface area contributed by atoms with Gasteiger partial charge in [0.1, 0.15) is 11.6 Å². The predicted octanol–water partition coefficient (Wildman–Crippen LogP) is 2.13. The monoisotopic (exact) mass is 341 g/mol. The molecule has 0 radical (unpaired) electrons. The summed E-state index contributed by atoms with van der Waals surface area (Å²) in [5, 5.41) is 3.50. The number of ether oxygens (including phenoxy) is 1. The molecule has 0 aliphatic carbocycles. The first-order valence-corrected chi connectivity index (χ1v) is 8.68. The second-order valence-corrected chi connectivity index (χ2v) is 7.77. The van der Waals surface area contributed by atoms with E-state index in [1.807, 2.05) is 27.7 Å². The molecule has 2 saturated heterocycles. The van der Waals surface area contributed by atoms with Crippen LogP contribution in [0.5, 0.6) is 0 Å². The maximum Gasteiger partial charge on any atom is 0.410 e. The lowest BCUT2D eigenvalue weighted by atomic mass is 9.95. The normalized spacial score (nSPS) is 25.6. The summed E-state index contributed by atoms with van der Waals surface area (Å²) in [4.78, 5) is 27.6. The van der Waals surface area contributed by atoms with Crippen LogP contribution >= 0.6 is 12.2 Å². The molecule has 2 rings (SSSR count). The summed E-state index contributed by atoms with van der Waals surface area (Å²) in [6.45, 7) is 9.49. The summed E-state index contributed by atoms with van der Waals surface area (Å²) in [6.07, 6.45) is 2.64. The fraction of sp³-hybridized carbons (Fsp3) is 0.812. The number of rotatable bonds is 3. The maximum atomic E-state index is 12.2. The Labute approximate surface area is 143 Å². The number of thiocarbonyl (C=S) groups is 1. The van der Waals surface area contributed by atoms with Crippen LogP contribution < -0.4 is 5.32 Å². The average Bonchev–Trinajstić information content (AvgIpc) is 2.69. The third kappa shape index (κ3) is 4.80. The van der Waals surface area contributed by atoms with Gasteiger partial charge < -0.3 is 15.0 Å². The molecule has 2 atom stereocenters. The molecule has 1 N–H and O–H groups in total. The highest BCUT2D eigenvalue weighted by molar-refractivity contribution is 7.80. The highest BCUT2D eigenvalue weighted by atomic mass is 32.1. The Morgan fingerprint density at radius 1 is 1.43 bits per heavy atom. The van der Waals surface area contributed by atoms with Gasteiger partial charge in [-0.3, -0.25) is 9.69 Å². The van der Waals surface area contributed by atoms with Crippen molar-refractivity contribution in [1.29, 1.82) is 0 Å². The van der Waals surface area contributed by atoms with Crippen molar-refractivity contribution in [2.75, 3.05) is 19.6 Å². The highest BCUT2D eigenvalue weighted by Gasteiger charge is 2.33. The highest BCUT2D eigenvalue weighted by Crippen LogP contribution is 2.22. The molecule has 0 saturated carbocycles. The van der Waals surface area contributed by atoms with Gasteiger partial charge in [-0.25, -0.2) is 4.79 Å². The van der Waals surface area contributed by atoms with E-state index in [2.05, 4.69) is 5.32 Å². The average molecular weight is 341 g/mol. The Morgan fingerprint density at radius 3 is 2.70 bits per heavy atom. The molecule has 6 nitrogen and oxygen atoms in total. The minimum absolute atomic E-state index is 0.0369. The molecule has 2 aliphatic heterocycles. The molecule has 0 spiro atoms. The number of amides is 2. The van der Waals surface area contributed by atoms with Crippen LogP contribution in [-0.4, -0.2) is 58.2 Å². The zero-order chi connectivity index (χ0) is 17.2. The van der Waals surface area contributed by atoms with Gasteiger partial charge in [-0.2, -0.15) is 0 Å². The van der Waals surface area contributed by atoms with Crippen LogP contribution in [0.15, 0.2) is 0 Å². The molecular weight excluding hydrogens is 314 g/mol. The van der Waals surface area contributed by atoms with Crippen LogP contribution in [-0.2, 0) is 9.53 Å². The number of carbonyl (C=O) groups is 2. The van der Waals surface area contributed by atoms with Crippen molar-refractivity contribution in [2.45, 2.75) is 58.6 Å². The SMILES string of the molecule is CC1NC(=S)N(CCC2CCCN(C(=O)OC(C)(C)C)C2)C1=O. The van der Waals surface area contributed by atoms with Crippen molar-refractivity contribution < 1.29 is 14.3 Å². The summed E-state index contributed by atoms with van der Waals surface area (Å²) in [7, 11) is 0. The summed E-state index contributed by atoms with van der Waals surface area (Å²) >= 11 is 5.20. The number of nitrogens with one attached hydrogen (secondary N) is 1. The summed E-state index contributed by atoms with van der Waals surface area (Å²) in [5.74, 6) is 0.414. The molecule has 0 aromatic heterocycles. The molecule has 2 heterocycles. The van der Waals surface area contributed by atoms with Gasteiger partial charge in [0.2, 0.25) is 0 Å². The molecule has 0 bridgehead atoms. The first kappa shape index (κ1) is 18.0. The first-order chi connectivity index (χ1) is 10.7. The van der Waals surface area contributed by atoms with Crippen LogP contribution in [0.25, 0.3) is 0 Å². The van der Waals surface area contributed by atoms with Gasteiger partial charge in [-0.15, -0.1) is 0 Å². The molecule has 23 heavy (non-hydrogen) atoms. The maximum absolute atomic E-state index is 12.2. The van der Waals surface area contributed by atoms with Crippen LogP contribution in [0, 0.1) is 5.92 Å². The van der Waals surface area contributed by atoms with Gasteiger partial charge in [-0.1, -0.05) is 0 Å². The molecule has 2 fully saturated rings. The van der Waals surface area contributed by atoms with E-state index >= 15 is 0 Å². The minimum Gasteiger partial charge on any atom is -0.444 e. The van der Waals surface area contributed by atoms with Crippen molar-refractivity contribution in [2.24, 2.45) is 5.92 Å². The fourth-order valence-corrected chi connectivity index (χ4v) is 3.33. The number of carbonyl (C=O) groups excluding carboxylic acids is 2. The number of hydrogen-bond donors (Lipinski definition) is 1. The standard InChI is InChI=1S/C16H27N3O3S/c1-11-13(20)19(14(23)17-11)9-7-12-6-5-8-18(10-12)15(21)22-16(2,3)4/h11-12H,5-10H2,1-4H3,(H,17,23). The Hall–Kier alpha value is -1.37. The first-order valence-electron chi connectivity index (χ1n) is 8.27. The van der Waals surface area contributed by atoms with Gasteiger partial charge in [0.15, 0.2) is 5.11 Å².